The van der Waals surface area contributed by atoms with Crippen LogP contribution in [-0.4, -0.2) is 24.9 Å². The number of fused-ring (bicyclic) bond motifs is 1. The van der Waals surface area contributed by atoms with E-state index in [0.717, 1.165) is 0 Å². The van der Waals surface area contributed by atoms with E-state index in [-0.39, 0.29) is 12.3 Å². The van der Waals surface area contributed by atoms with Crippen molar-refractivity contribution in [2.45, 2.75) is 6.42 Å². The van der Waals surface area contributed by atoms with Crippen LogP contribution in [0.15, 0.2) is 18.2 Å². The van der Waals surface area contributed by atoms with Gasteiger partial charge in [0.1, 0.15) is 6.42 Å². The van der Waals surface area contributed by atoms with Crippen LogP contribution in [0.5, 0.6) is 0 Å². The van der Waals surface area contributed by atoms with Crippen molar-refractivity contribution < 1.29 is 9.59 Å². The van der Waals surface area contributed by atoms with Crippen molar-refractivity contribution in [3.8, 4) is 6.07 Å². The molecule has 2 amide bonds. The summed E-state index contributed by atoms with van der Waals surface area (Å²) < 4.78 is 0. The van der Waals surface area contributed by atoms with Gasteiger partial charge in [-0.05, 0) is 12.1 Å². The molecule has 0 atom stereocenters. The molecule has 0 saturated heterocycles. The summed E-state index contributed by atoms with van der Waals surface area (Å²) in [6.07, 6.45) is -0.212. The summed E-state index contributed by atoms with van der Waals surface area (Å²) in [4.78, 5) is 23.2. The Morgan fingerprint density at radius 3 is 2.94 bits per heavy atom. The Labute approximate surface area is 104 Å². The zero-order valence-electron chi connectivity index (χ0n) is 9.62. The van der Waals surface area contributed by atoms with E-state index in [2.05, 4.69) is 16.0 Å². The minimum Gasteiger partial charge on any atom is -0.381 e. The molecule has 1 aliphatic heterocycles. The summed E-state index contributed by atoms with van der Waals surface area (Å²) >= 11 is 0. The van der Waals surface area contributed by atoms with Crippen molar-refractivity contribution in [2.75, 3.05) is 23.7 Å². The van der Waals surface area contributed by atoms with Crippen molar-refractivity contribution in [3.63, 3.8) is 0 Å². The highest BCUT2D eigenvalue weighted by Gasteiger charge is 2.18. The van der Waals surface area contributed by atoms with E-state index in [9.17, 15) is 9.59 Å². The highest BCUT2D eigenvalue weighted by Crippen LogP contribution is 2.27. The highest BCUT2D eigenvalue weighted by molar-refractivity contribution is 6.05. The Hall–Kier alpha value is -2.55. The molecule has 1 aromatic rings. The molecule has 6 nitrogen and oxygen atoms in total. The number of benzene rings is 1. The van der Waals surface area contributed by atoms with Crippen LogP contribution in [0.3, 0.4) is 0 Å². The van der Waals surface area contributed by atoms with E-state index < -0.39 is 5.91 Å². The Morgan fingerprint density at radius 2 is 2.17 bits per heavy atom. The number of anilines is 2. The lowest BCUT2D eigenvalue weighted by Crippen LogP contribution is -2.24. The lowest BCUT2D eigenvalue weighted by molar-refractivity contribution is -0.115. The van der Waals surface area contributed by atoms with Crippen LogP contribution >= 0.6 is 0 Å². The molecule has 0 bridgehead atoms. The first-order valence-electron chi connectivity index (χ1n) is 5.54. The fourth-order valence-electron chi connectivity index (χ4n) is 1.76. The van der Waals surface area contributed by atoms with E-state index in [4.69, 9.17) is 5.26 Å². The van der Waals surface area contributed by atoms with E-state index in [0.29, 0.717) is 30.0 Å². The molecule has 3 N–H and O–H groups in total. The van der Waals surface area contributed by atoms with Gasteiger partial charge < -0.3 is 16.0 Å². The molecule has 0 spiro atoms. The second-order valence-corrected chi connectivity index (χ2v) is 3.79. The first-order valence-corrected chi connectivity index (χ1v) is 5.54. The normalized spacial score (nSPS) is 13.4. The highest BCUT2D eigenvalue weighted by atomic mass is 16.2. The largest absolute Gasteiger partial charge is 0.381 e. The van der Waals surface area contributed by atoms with Gasteiger partial charge in [-0.3, -0.25) is 9.59 Å². The fourth-order valence-corrected chi connectivity index (χ4v) is 1.76. The lowest BCUT2D eigenvalue weighted by atomic mass is 10.1. The Bertz CT molecular complexity index is 533. The number of rotatable bonds is 2. The number of nitrogens with one attached hydrogen (secondary N) is 3. The molecule has 0 aromatic heterocycles. The maximum absolute atomic E-state index is 11.8. The van der Waals surface area contributed by atoms with Gasteiger partial charge >= 0.3 is 0 Å². The summed E-state index contributed by atoms with van der Waals surface area (Å²) in [6.45, 7) is 1.11. The summed E-state index contributed by atoms with van der Waals surface area (Å²) in [7, 11) is 0. The van der Waals surface area contributed by atoms with Crippen LogP contribution < -0.4 is 16.0 Å². The minimum absolute atomic E-state index is 0.175. The molecule has 1 heterocycles. The van der Waals surface area contributed by atoms with Crippen molar-refractivity contribution >= 4 is 23.2 Å². The smallest absolute Gasteiger partial charge is 0.253 e. The number of amides is 2. The molecule has 18 heavy (non-hydrogen) atoms. The maximum atomic E-state index is 11.8. The molecular formula is C12H12N4O2. The number of hydrogen-bond acceptors (Lipinski definition) is 4. The molecular weight excluding hydrogens is 232 g/mol. The van der Waals surface area contributed by atoms with Crippen LogP contribution in [-0.2, 0) is 4.79 Å². The first kappa shape index (κ1) is 11.9. The van der Waals surface area contributed by atoms with E-state index in [1.165, 1.54) is 0 Å². The molecule has 0 unspecified atom stereocenters. The van der Waals surface area contributed by atoms with Gasteiger partial charge in [0, 0.05) is 13.1 Å². The molecule has 0 fully saturated rings. The third-order valence-electron chi connectivity index (χ3n) is 2.54. The summed E-state index contributed by atoms with van der Waals surface area (Å²) in [5.41, 5.74) is 1.60. The van der Waals surface area contributed by atoms with Gasteiger partial charge in [-0.1, -0.05) is 6.07 Å². The molecule has 0 aliphatic carbocycles. The molecule has 2 rings (SSSR count). The van der Waals surface area contributed by atoms with Gasteiger partial charge in [-0.15, -0.1) is 0 Å². The predicted molar refractivity (Wildman–Crippen MR) is 66.1 cm³/mol. The fraction of sp³-hybridized carbons (Fsp3) is 0.250. The molecule has 6 heteroatoms. The SMILES string of the molecule is N#CCC(=O)Nc1cccc2c1NCCNC2=O. The molecule has 1 aliphatic rings. The summed E-state index contributed by atoms with van der Waals surface area (Å²) in [6, 6.07) is 6.84. The van der Waals surface area contributed by atoms with Crippen molar-refractivity contribution in [2.24, 2.45) is 0 Å². The lowest BCUT2D eigenvalue weighted by Gasteiger charge is -2.12. The predicted octanol–water partition coefficient (Wildman–Crippen LogP) is 0.694. The van der Waals surface area contributed by atoms with Gasteiger partial charge in [0.2, 0.25) is 5.91 Å². The first-order chi connectivity index (χ1) is 8.72. The summed E-state index contributed by atoms with van der Waals surface area (Å²) in [5, 5.41) is 16.9. The summed E-state index contributed by atoms with van der Waals surface area (Å²) in [5.74, 6) is -0.566. The van der Waals surface area contributed by atoms with Crippen LogP contribution in [0.1, 0.15) is 16.8 Å². The number of carbonyl (C=O) groups is 2. The molecule has 1 aromatic carbocycles. The standard InChI is InChI=1S/C12H12N4O2/c13-5-4-10(17)16-9-3-1-2-8-11(9)14-6-7-15-12(8)18/h1-3,14H,4,6-7H2,(H,15,18)(H,16,17). The van der Waals surface area contributed by atoms with E-state index >= 15 is 0 Å². The third kappa shape index (κ3) is 2.40. The Morgan fingerprint density at radius 1 is 1.39 bits per heavy atom. The van der Waals surface area contributed by atoms with Crippen LogP contribution in [0.4, 0.5) is 11.4 Å². The second kappa shape index (κ2) is 5.19. The van der Waals surface area contributed by atoms with Gasteiger partial charge in [0.25, 0.3) is 5.91 Å². The van der Waals surface area contributed by atoms with Crippen molar-refractivity contribution in [1.29, 1.82) is 5.26 Å². The third-order valence-corrected chi connectivity index (χ3v) is 2.54. The average molecular weight is 244 g/mol. The zero-order chi connectivity index (χ0) is 13.0. The second-order valence-electron chi connectivity index (χ2n) is 3.79. The Balaban J connectivity index is 2.32. The quantitative estimate of drug-likeness (QED) is 0.713. The topological polar surface area (TPSA) is 94.0 Å². The maximum Gasteiger partial charge on any atom is 0.253 e. The van der Waals surface area contributed by atoms with Crippen molar-refractivity contribution in [1.82, 2.24) is 5.32 Å². The number of nitriles is 1. The Kier molecular flexibility index (Phi) is 3.44. The van der Waals surface area contributed by atoms with Crippen molar-refractivity contribution in [3.05, 3.63) is 23.8 Å². The number of hydrogen-bond donors (Lipinski definition) is 3. The van der Waals surface area contributed by atoms with Crippen LogP contribution in [0.2, 0.25) is 0 Å². The average Bonchev–Trinajstić information content (AvgIpc) is 2.53. The van der Waals surface area contributed by atoms with E-state index in [1.54, 1.807) is 24.3 Å². The monoisotopic (exact) mass is 244 g/mol. The molecule has 0 saturated carbocycles. The number of nitrogens with zero attached hydrogens (tertiary/aromatic N) is 1. The number of carbonyl (C=O) groups excluding carboxylic acids is 2. The van der Waals surface area contributed by atoms with Gasteiger partial charge in [0.05, 0.1) is 23.0 Å². The molecule has 92 valence electrons. The zero-order valence-corrected chi connectivity index (χ0v) is 9.62. The molecule has 0 radical (unpaired) electrons. The van der Waals surface area contributed by atoms with Crippen LogP contribution in [0.25, 0.3) is 0 Å². The van der Waals surface area contributed by atoms with E-state index in [1.807, 2.05) is 0 Å². The number of para-hydroxylation sites is 1. The van der Waals surface area contributed by atoms with Gasteiger partial charge in [0.15, 0.2) is 0 Å². The minimum atomic E-state index is -0.391. The van der Waals surface area contributed by atoms with Gasteiger partial charge in [-0.25, -0.2) is 0 Å². The van der Waals surface area contributed by atoms with Gasteiger partial charge in [-0.2, -0.15) is 5.26 Å². The van der Waals surface area contributed by atoms with Crippen LogP contribution in [0, 0.1) is 11.3 Å².